The predicted molar refractivity (Wildman–Crippen MR) is 95.9 cm³/mol. The van der Waals surface area contributed by atoms with Crippen LogP contribution in [0, 0.1) is 5.82 Å². The summed E-state index contributed by atoms with van der Waals surface area (Å²) in [5, 5.41) is 11.4. The van der Waals surface area contributed by atoms with E-state index in [1.165, 1.54) is 12.1 Å². The Morgan fingerprint density at radius 3 is 3.12 bits per heavy atom. The molecular formula is C16H18ClFN4OS. The Hall–Kier alpha value is -1.70. The number of halogens is 2. The molecule has 0 radical (unpaired) electrons. The molecule has 0 spiro atoms. The molecule has 1 atom stereocenters. The highest BCUT2D eigenvalue weighted by atomic mass is 35.5. The number of nitrogens with one attached hydrogen (secondary N) is 2. The van der Waals surface area contributed by atoms with E-state index in [0.717, 1.165) is 30.7 Å². The van der Waals surface area contributed by atoms with Crippen molar-refractivity contribution < 1.29 is 9.13 Å². The molecular weight excluding hydrogens is 351 g/mol. The van der Waals surface area contributed by atoms with Gasteiger partial charge >= 0.3 is 0 Å². The minimum absolute atomic E-state index is 0.230. The molecule has 128 valence electrons. The van der Waals surface area contributed by atoms with Crippen molar-refractivity contribution in [2.45, 2.75) is 25.5 Å². The predicted octanol–water partition coefficient (Wildman–Crippen LogP) is 3.19. The van der Waals surface area contributed by atoms with E-state index in [9.17, 15) is 4.39 Å². The Balaban J connectivity index is 1.52. The first kappa shape index (κ1) is 17.1. The Morgan fingerprint density at radius 2 is 2.38 bits per heavy atom. The Kier molecular flexibility index (Phi) is 5.65. The normalized spacial score (nSPS) is 17.0. The second-order valence-electron chi connectivity index (χ2n) is 5.63. The van der Waals surface area contributed by atoms with Crippen LogP contribution in [0.1, 0.15) is 18.4 Å². The highest BCUT2D eigenvalue weighted by Crippen LogP contribution is 2.19. The second kappa shape index (κ2) is 7.92. The maximum Gasteiger partial charge on any atom is 0.170 e. The van der Waals surface area contributed by atoms with Crippen molar-refractivity contribution in [3.8, 4) is 0 Å². The van der Waals surface area contributed by atoms with E-state index in [0.29, 0.717) is 23.2 Å². The van der Waals surface area contributed by atoms with Gasteiger partial charge in [0.1, 0.15) is 5.82 Å². The maximum atomic E-state index is 13.1. The van der Waals surface area contributed by atoms with Crippen molar-refractivity contribution >= 4 is 34.6 Å². The number of hydrogen-bond donors (Lipinski definition) is 2. The molecule has 2 aromatic rings. The number of hydrogen-bond acceptors (Lipinski definition) is 3. The van der Waals surface area contributed by atoms with Crippen LogP contribution in [0.15, 0.2) is 30.6 Å². The number of aromatic nitrogens is 2. The number of ether oxygens (including phenoxy) is 1. The van der Waals surface area contributed by atoms with E-state index in [1.807, 2.05) is 6.20 Å². The molecule has 0 bridgehead atoms. The average molecular weight is 369 g/mol. The lowest BCUT2D eigenvalue weighted by Crippen LogP contribution is -2.34. The van der Waals surface area contributed by atoms with Crippen LogP contribution in [-0.2, 0) is 11.3 Å². The van der Waals surface area contributed by atoms with Crippen LogP contribution >= 0.6 is 23.8 Å². The average Bonchev–Trinajstić information content (AvgIpc) is 3.20. The van der Waals surface area contributed by atoms with Crippen LogP contribution in [0.25, 0.3) is 0 Å². The highest BCUT2D eigenvalue weighted by Gasteiger charge is 2.15. The molecule has 1 unspecified atom stereocenters. The third-order valence-electron chi connectivity index (χ3n) is 3.75. The van der Waals surface area contributed by atoms with Gasteiger partial charge in [-0.25, -0.2) is 4.39 Å². The van der Waals surface area contributed by atoms with E-state index in [-0.39, 0.29) is 11.9 Å². The third kappa shape index (κ3) is 4.66. The van der Waals surface area contributed by atoms with Crippen LogP contribution in [-0.4, -0.2) is 34.1 Å². The molecule has 2 N–H and O–H groups in total. The van der Waals surface area contributed by atoms with Crippen LogP contribution < -0.4 is 10.6 Å². The summed E-state index contributed by atoms with van der Waals surface area (Å²) in [6, 6.07) is 4.33. The second-order valence-corrected chi connectivity index (χ2v) is 6.45. The number of nitrogens with zero attached hydrogens (tertiary/aromatic N) is 2. The third-order valence-corrected chi connectivity index (χ3v) is 4.35. The standard InChI is InChI=1S/C16H18ClFN4OS/c17-15-6-12(18)4-3-11(15)9-22-10-13(7-20-22)21-16(24)19-8-14-2-1-5-23-14/h3-4,6-7,10,14H,1-2,5,8-9H2,(H2,19,21,24). The summed E-state index contributed by atoms with van der Waals surface area (Å²) in [4.78, 5) is 0. The van der Waals surface area contributed by atoms with E-state index >= 15 is 0 Å². The Labute approximate surface area is 150 Å². The molecule has 0 amide bonds. The lowest BCUT2D eigenvalue weighted by molar-refractivity contribution is 0.114. The molecule has 1 aromatic heterocycles. The van der Waals surface area contributed by atoms with Gasteiger partial charge in [-0.2, -0.15) is 5.10 Å². The quantitative estimate of drug-likeness (QED) is 0.794. The van der Waals surface area contributed by atoms with Gasteiger partial charge in [0.2, 0.25) is 0 Å². The summed E-state index contributed by atoms with van der Waals surface area (Å²) in [6.45, 7) is 1.98. The molecule has 8 heteroatoms. The van der Waals surface area contributed by atoms with Gasteiger partial charge in [0.25, 0.3) is 0 Å². The van der Waals surface area contributed by atoms with Crippen molar-refractivity contribution in [1.82, 2.24) is 15.1 Å². The Morgan fingerprint density at radius 1 is 1.50 bits per heavy atom. The number of rotatable bonds is 5. The van der Waals surface area contributed by atoms with Crippen LogP contribution in [0.5, 0.6) is 0 Å². The van der Waals surface area contributed by atoms with Crippen LogP contribution in [0.4, 0.5) is 10.1 Å². The Bertz CT molecular complexity index is 718. The summed E-state index contributed by atoms with van der Waals surface area (Å²) in [6.07, 6.45) is 5.89. The smallest absolute Gasteiger partial charge is 0.170 e. The van der Waals surface area contributed by atoms with Crippen molar-refractivity contribution in [3.63, 3.8) is 0 Å². The molecule has 2 heterocycles. The van der Waals surface area contributed by atoms with E-state index in [2.05, 4.69) is 15.7 Å². The van der Waals surface area contributed by atoms with Gasteiger partial charge in [-0.3, -0.25) is 4.68 Å². The largest absolute Gasteiger partial charge is 0.376 e. The van der Waals surface area contributed by atoms with Gasteiger partial charge in [0, 0.05) is 24.4 Å². The minimum Gasteiger partial charge on any atom is -0.376 e. The zero-order valence-corrected chi connectivity index (χ0v) is 14.5. The molecule has 1 aliphatic heterocycles. The van der Waals surface area contributed by atoms with Gasteiger partial charge in [0.15, 0.2) is 5.11 Å². The minimum atomic E-state index is -0.353. The summed E-state index contributed by atoms with van der Waals surface area (Å²) >= 11 is 11.3. The topological polar surface area (TPSA) is 51.1 Å². The van der Waals surface area contributed by atoms with E-state index in [4.69, 9.17) is 28.6 Å². The molecule has 1 aliphatic rings. The molecule has 1 fully saturated rings. The first-order valence-electron chi connectivity index (χ1n) is 7.73. The van der Waals surface area contributed by atoms with Gasteiger partial charge in [0.05, 0.1) is 24.5 Å². The van der Waals surface area contributed by atoms with Crippen LogP contribution in [0.3, 0.4) is 0 Å². The lowest BCUT2D eigenvalue weighted by atomic mass is 10.2. The summed E-state index contributed by atoms with van der Waals surface area (Å²) in [5.41, 5.74) is 1.57. The first-order chi connectivity index (χ1) is 11.6. The number of thiocarbonyl (C=S) groups is 1. The molecule has 24 heavy (non-hydrogen) atoms. The van der Waals surface area contributed by atoms with Crippen molar-refractivity contribution in [1.29, 1.82) is 0 Å². The van der Waals surface area contributed by atoms with Gasteiger partial charge in [-0.1, -0.05) is 17.7 Å². The zero-order valence-electron chi connectivity index (χ0n) is 13.0. The zero-order chi connectivity index (χ0) is 16.9. The fourth-order valence-electron chi connectivity index (χ4n) is 2.53. The number of anilines is 1. The monoisotopic (exact) mass is 368 g/mol. The van der Waals surface area contributed by atoms with Gasteiger partial charge < -0.3 is 15.4 Å². The van der Waals surface area contributed by atoms with Crippen molar-refractivity contribution in [2.24, 2.45) is 0 Å². The lowest BCUT2D eigenvalue weighted by Gasteiger charge is -2.13. The van der Waals surface area contributed by atoms with Crippen LogP contribution in [0.2, 0.25) is 5.02 Å². The molecule has 1 aromatic carbocycles. The van der Waals surface area contributed by atoms with Crippen molar-refractivity contribution in [3.05, 3.63) is 47.0 Å². The molecule has 5 nitrogen and oxygen atoms in total. The van der Waals surface area contributed by atoms with E-state index in [1.54, 1.807) is 16.9 Å². The summed E-state index contributed by atoms with van der Waals surface area (Å²) in [5.74, 6) is -0.353. The number of benzene rings is 1. The van der Waals surface area contributed by atoms with Gasteiger partial charge in [-0.15, -0.1) is 0 Å². The SMILES string of the molecule is Fc1ccc(Cn2cc(NC(=S)NCC3CCCO3)cn2)c(Cl)c1. The fraction of sp³-hybridized carbons (Fsp3) is 0.375. The summed E-state index contributed by atoms with van der Waals surface area (Å²) in [7, 11) is 0. The molecule has 3 rings (SSSR count). The highest BCUT2D eigenvalue weighted by molar-refractivity contribution is 7.80. The summed E-state index contributed by atoms with van der Waals surface area (Å²) < 4.78 is 20.3. The molecule has 0 saturated carbocycles. The maximum absolute atomic E-state index is 13.1. The van der Waals surface area contributed by atoms with Crippen molar-refractivity contribution in [2.75, 3.05) is 18.5 Å². The molecule has 0 aliphatic carbocycles. The fourth-order valence-corrected chi connectivity index (χ4v) is 2.95. The van der Waals surface area contributed by atoms with E-state index < -0.39 is 0 Å². The first-order valence-corrected chi connectivity index (χ1v) is 8.51. The van der Waals surface area contributed by atoms with Gasteiger partial charge in [-0.05, 0) is 42.8 Å². The molecule has 1 saturated heterocycles.